The third-order valence-corrected chi connectivity index (χ3v) is 3.48. The zero-order chi connectivity index (χ0) is 17.5. The maximum atomic E-state index is 12.0. The summed E-state index contributed by atoms with van der Waals surface area (Å²) < 4.78 is 16.1. The van der Waals surface area contributed by atoms with Gasteiger partial charge in [-0.25, -0.2) is 0 Å². The molecule has 0 aliphatic rings. The van der Waals surface area contributed by atoms with Gasteiger partial charge in [0, 0.05) is 6.07 Å². The Balaban J connectivity index is 1.93. The van der Waals surface area contributed by atoms with Crippen LogP contribution in [0.3, 0.4) is 0 Å². The van der Waals surface area contributed by atoms with Crippen LogP contribution in [-0.2, 0) is 4.79 Å². The summed E-state index contributed by atoms with van der Waals surface area (Å²) in [5, 5.41) is 8.87. The van der Waals surface area contributed by atoms with Gasteiger partial charge in [-0.05, 0) is 37.1 Å². The number of carbonyl (C=O) groups excluding carboxylic acids is 1. The number of nitriles is 1. The fraction of sp³-hybridized carbons (Fsp3) is 0.263. The Morgan fingerprint density at radius 2 is 1.83 bits per heavy atom. The van der Waals surface area contributed by atoms with E-state index in [1.54, 1.807) is 12.1 Å². The number of esters is 1. The highest BCUT2D eigenvalue weighted by Crippen LogP contribution is 2.28. The van der Waals surface area contributed by atoms with Gasteiger partial charge in [-0.15, -0.1) is 0 Å². The van der Waals surface area contributed by atoms with E-state index in [0.29, 0.717) is 11.3 Å². The lowest BCUT2D eigenvalue weighted by Gasteiger charge is -2.12. The number of benzene rings is 2. The molecule has 2 aromatic carbocycles. The summed E-state index contributed by atoms with van der Waals surface area (Å²) in [6.45, 7) is 4.15. The molecule has 0 aromatic heterocycles. The van der Waals surface area contributed by atoms with E-state index < -0.39 is 5.97 Å². The molecule has 0 amide bonds. The standard InChI is InChI=1S/C19H19NO4/c1-13-5-4-6-14(2)19(13)23-10-9-18(21)24-16-8-7-15(12-20)11-17(16)22-3/h4-8,11H,9-10H2,1-3H3. The highest BCUT2D eigenvalue weighted by Gasteiger charge is 2.12. The van der Waals surface area contributed by atoms with E-state index in [0.717, 1.165) is 16.9 Å². The lowest BCUT2D eigenvalue weighted by molar-refractivity contribution is -0.135. The van der Waals surface area contributed by atoms with Gasteiger partial charge in [-0.1, -0.05) is 18.2 Å². The molecule has 0 atom stereocenters. The molecule has 0 aliphatic carbocycles. The van der Waals surface area contributed by atoms with Crippen molar-refractivity contribution in [2.75, 3.05) is 13.7 Å². The second-order valence-electron chi connectivity index (χ2n) is 5.27. The van der Waals surface area contributed by atoms with Crippen molar-refractivity contribution in [3.63, 3.8) is 0 Å². The van der Waals surface area contributed by atoms with Gasteiger partial charge >= 0.3 is 5.97 Å². The number of methoxy groups -OCH3 is 1. The average Bonchev–Trinajstić information content (AvgIpc) is 2.58. The van der Waals surface area contributed by atoms with E-state index in [-0.39, 0.29) is 18.8 Å². The van der Waals surface area contributed by atoms with Crippen LogP contribution in [0.1, 0.15) is 23.1 Å². The summed E-state index contributed by atoms with van der Waals surface area (Å²) in [5.41, 5.74) is 2.49. The van der Waals surface area contributed by atoms with Crippen molar-refractivity contribution in [1.29, 1.82) is 5.26 Å². The topological polar surface area (TPSA) is 68.5 Å². The molecule has 0 heterocycles. The molecule has 0 unspecified atom stereocenters. The number of nitrogens with zero attached hydrogens (tertiary/aromatic N) is 1. The molecule has 0 fully saturated rings. The monoisotopic (exact) mass is 325 g/mol. The lowest BCUT2D eigenvalue weighted by Crippen LogP contribution is -2.13. The number of para-hydroxylation sites is 1. The number of hydrogen-bond donors (Lipinski definition) is 0. The van der Waals surface area contributed by atoms with Crippen molar-refractivity contribution in [3.05, 3.63) is 53.1 Å². The Morgan fingerprint density at radius 1 is 1.12 bits per heavy atom. The predicted octanol–water partition coefficient (Wildman–Crippen LogP) is 3.56. The lowest BCUT2D eigenvalue weighted by atomic mass is 10.1. The fourth-order valence-corrected chi connectivity index (χ4v) is 2.26. The van der Waals surface area contributed by atoms with Gasteiger partial charge in [-0.2, -0.15) is 5.26 Å². The normalized spacial score (nSPS) is 9.92. The fourth-order valence-electron chi connectivity index (χ4n) is 2.26. The van der Waals surface area contributed by atoms with Crippen molar-refractivity contribution in [2.45, 2.75) is 20.3 Å². The molecule has 2 rings (SSSR count). The van der Waals surface area contributed by atoms with Gasteiger partial charge in [0.1, 0.15) is 5.75 Å². The molecule has 0 bridgehead atoms. The molecule has 0 spiro atoms. The molecular formula is C19H19NO4. The Kier molecular flexibility index (Phi) is 5.80. The third kappa shape index (κ3) is 4.26. The van der Waals surface area contributed by atoms with Gasteiger partial charge in [-0.3, -0.25) is 4.79 Å². The van der Waals surface area contributed by atoms with E-state index in [4.69, 9.17) is 19.5 Å². The summed E-state index contributed by atoms with van der Waals surface area (Å²) >= 11 is 0. The summed E-state index contributed by atoms with van der Waals surface area (Å²) in [5.74, 6) is 0.997. The first kappa shape index (κ1) is 17.4. The van der Waals surface area contributed by atoms with Crippen LogP contribution in [0, 0.1) is 25.2 Å². The van der Waals surface area contributed by atoms with Crippen LogP contribution in [0.25, 0.3) is 0 Å². The zero-order valence-corrected chi connectivity index (χ0v) is 14.0. The second-order valence-corrected chi connectivity index (χ2v) is 5.27. The minimum atomic E-state index is -0.427. The molecule has 5 nitrogen and oxygen atoms in total. The Morgan fingerprint density at radius 3 is 2.46 bits per heavy atom. The van der Waals surface area contributed by atoms with Crippen LogP contribution >= 0.6 is 0 Å². The largest absolute Gasteiger partial charge is 0.493 e. The Hall–Kier alpha value is -3.00. The molecule has 124 valence electrons. The van der Waals surface area contributed by atoms with Gasteiger partial charge in [0.25, 0.3) is 0 Å². The minimum Gasteiger partial charge on any atom is -0.493 e. The van der Waals surface area contributed by atoms with Crippen molar-refractivity contribution in [1.82, 2.24) is 0 Å². The maximum absolute atomic E-state index is 12.0. The Labute approximate surface area is 141 Å². The third-order valence-electron chi connectivity index (χ3n) is 3.48. The first-order chi connectivity index (χ1) is 11.5. The molecule has 2 aromatic rings. The van der Waals surface area contributed by atoms with Crippen molar-refractivity contribution >= 4 is 5.97 Å². The van der Waals surface area contributed by atoms with Crippen LogP contribution < -0.4 is 14.2 Å². The summed E-state index contributed by atoms with van der Waals surface area (Å²) in [6, 6.07) is 12.5. The molecular weight excluding hydrogens is 306 g/mol. The van der Waals surface area contributed by atoms with Crippen molar-refractivity contribution < 1.29 is 19.0 Å². The van der Waals surface area contributed by atoms with Gasteiger partial charge in [0.2, 0.25) is 0 Å². The Bertz CT molecular complexity index is 757. The minimum absolute atomic E-state index is 0.108. The van der Waals surface area contributed by atoms with Crippen LogP contribution in [0.2, 0.25) is 0 Å². The molecule has 5 heteroatoms. The van der Waals surface area contributed by atoms with E-state index in [2.05, 4.69) is 0 Å². The summed E-state index contributed by atoms with van der Waals surface area (Å²) in [4.78, 5) is 12.0. The van der Waals surface area contributed by atoms with Crippen molar-refractivity contribution in [3.8, 4) is 23.3 Å². The van der Waals surface area contributed by atoms with E-state index in [1.807, 2.05) is 38.1 Å². The van der Waals surface area contributed by atoms with Gasteiger partial charge in [0.05, 0.1) is 31.8 Å². The number of rotatable bonds is 6. The number of carbonyl (C=O) groups is 1. The maximum Gasteiger partial charge on any atom is 0.314 e. The van der Waals surface area contributed by atoms with E-state index >= 15 is 0 Å². The van der Waals surface area contributed by atoms with E-state index in [1.165, 1.54) is 13.2 Å². The van der Waals surface area contributed by atoms with Crippen LogP contribution in [0.15, 0.2) is 36.4 Å². The highest BCUT2D eigenvalue weighted by molar-refractivity contribution is 5.73. The molecule has 0 saturated heterocycles. The average molecular weight is 325 g/mol. The molecule has 24 heavy (non-hydrogen) atoms. The van der Waals surface area contributed by atoms with Gasteiger partial charge < -0.3 is 14.2 Å². The number of ether oxygens (including phenoxy) is 3. The number of hydrogen-bond acceptors (Lipinski definition) is 5. The summed E-state index contributed by atoms with van der Waals surface area (Å²) in [6.07, 6.45) is 0.108. The van der Waals surface area contributed by atoms with Crippen LogP contribution in [0.5, 0.6) is 17.2 Å². The zero-order valence-electron chi connectivity index (χ0n) is 14.0. The summed E-state index contributed by atoms with van der Waals surface area (Å²) in [7, 11) is 1.46. The first-order valence-electron chi connectivity index (χ1n) is 7.53. The molecule has 0 aliphatic heterocycles. The quantitative estimate of drug-likeness (QED) is 0.600. The smallest absolute Gasteiger partial charge is 0.314 e. The second kappa shape index (κ2) is 8.02. The SMILES string of the molecule is COc1cc(C#N)ccc1OC(=O)CCOc1c(C)cccc1C. The van der Waals surface area contributed by atoms with E-state index in [9.17, 15) is 4.79 Å². The van der Waals surface area contributed by atoms with Crippen LogP contribution in [0.4, 0.5) is 0 Å². The molecule has 0 saturated carbocycles. The molecule has 0 N–H and O–H groups in total. The van der Waals surface area contributed by atoms with Crippen molar-refractivity contribution in [2.24, 2.45) is 0 Å². The first-order valence-corrected chi connectivity index (χ1v) is 7.53. The van der Waals surface area contributed by atoms with Crippen LogP contribution in [-0.4, -0.2) is 19.7 Å². The number of aryl methyl sites for hydroxylation is 2. The highest BCUT2D eigenvalue weighted by atomic mass is 16.6. The predicted molar refractivity (Wildman–Crippen MR) is 89.4 cm³/mol. The molecule has 0 radical (unpaired) electrons. The van der Waals surface area contributed by atoms with Gasteiger partial charge in [0.15, 0.2) is 11.5 Å².